The van der Waals surface area contributed by atoms with Crippen molar-refractivity contribution in [2.45, 2.75) is 0 Å². The van der Waals surface area contributed by atoms with E-state index in [1.165, 1.54) is 0 Å². The van der Waals surface area contributed by atoms with Crippen LogP contribution in [0.2, 0.25) is 10.0 Å². The van der Waals surface area contributed by atoms with Crippen molar-refractivity contribution in [3.8, 4) is 6.07 Å². The molecule has 0 N–H and O–H groups in total. The van der Waals surface area contributed by atoms with Gasteiger partial charge in [0.25, 0.3) is 0 Å². The van der Waals surface area contributed by atoms with Crippen LogP contribution in [0.1, 0.15) is 5.56 Å². The molecule has 4 nitrogen and oxygen atoms in total. The van der Waals surface area contributed by atoms with Crippen LogP contribution in [-0.2, 0) is 0 Å². The van der Waals surface area contributed by atoms with Gasteiger partial charge < -0.3 is 9.80 Å². The second kappa shape index (κ2) is 8.64. The summed E-state index contributed by atoms with van der Waals surface area (Å²) in [4.78, 5) is 6.95. The minimum atomic E-state index is 0.604. The van der Waals surface area contributed by atoms with E-state index in [1.807, 2.05) is 42.5 Å². The van der Waals surface area contributed by atoms with Crippen molar-refractivity contribution in [3.63, 3.8) is 0 Å². The monoisotopic (exact) mass is 388 g/mol. The Balaban J connectivity index is 1.51. The Morgan fingerprint density at radius 3 is 2.54 bits per heavy atom. The molecular formula is C20H22Cl2N4. The first-order chi connectivity index (χ1) is 12.6. The summed E-state index contributed by atoms with van der Waals surface area (Å²) in [7, 11) is 2.07. The van der Waals surface area contributed by atoms with Crippen LogP contribution >= 0.6 is 23.2 Å². The smallest absolute Gasteiger partial charge is 0.0992 e. The number of hydrogen-bond donors (Lipinski definition) is 0. The van der Waals surface area contributed by atoms with Crippen LogP contribution in [0.5, 0.6) is 0 Å². The van der Waals surface area contributed by atoms with E-state index in [-0.39, 0.29) is 0 Å². The highest BCUT2D eigenvalue weighted by molar-refractivity contribution is 6.43. The fourth-order valence-electron chi connectivity index (χ4n) is 3.18. The molecule has 136 valence electrons. The number of piperazine rings is 1. The highest BCUT2D eigenvalue weighted by Gasteiger charge is 2.19. The Bertz CT molecular complexity index is 795. The van der Waals surface area contributed by atoms with Crippen LogP contribution in [0.15, 0.2) is 42.5 Å². The second-order valence-electron chi connectivity index (χ2n) is 6.49. The van der Waals surface area contributed by atoms with Crippen molar-refractivity contribution in [1.82, 2.24) is 4.90 Å². The molecule has 0 aliphatic carbocycles. The molecule has 1 fully saturated rings. The summed E-state index contributed by atoms with van der Waals surface area (Å²) in [5.74, 6) is 0. The summed E-state index contributed by atoms with van der Waals surface area (Å²) in [6, 6.07) is 15.7. The molecule has 1 heterocycles. The molecule has 0 spiro atoms. The zero-order valence-corrected chi connectivity index (χ0v) is 16.3. The molecule has 26 heavy (non-hydrogen) atoms. The maximum Gasteiger partial charge on any atom is 0.0992 e. The van der Waals surface area contributed by atoms with Gasteiger partial charge in [0.2, 0.25) is 0 Å². The number of likely N-dealkylation sites (N-methyl/N-ethyl adjacent to an activating group) is 1. The molecule has 6 heteroatoms. The van der Waals surface area contributed by atoms with E-state index in [4.69, 9.17) is 28.5 Å². The minimum Gasteiger partial charge on any atom is -0.373 e. The average Bonchev–Trinajstić information content (AvgIpc) is 2.69. The van der Waals surface area contributed by atoms with Gasteiger partial charge in [0.05, 0.1) is 27.4 Å². The molecule has 1 saturated heterocycles. The number of nitriles is 1. The summed E-state index contributed by atoms with van der Waals surface area (Å²) in [6.07, 6.45) is 0. The first kappa shape index (κ1) is 18.8. The van der Waals surface area contributed by atoms with Crippen molar-refractivity contribution in [3.05, 3.63) is 58.1 Å². The van der Waals surface area contributed by atoms with Gasteiger partial charge in [-0.1, -0.05) is 35.3 Å². The van der Waals surface area contributed by atoms with Crippen LogP contribution in [0.4, 0.5) is 11.4 Å². The maximum absolute atomic E-state index is 9.03. The number of hydrogen-bond acceptors (Lipinski definition) is 4. The number of benzene rings is 2. The highest BCUT2D eigenvalue weighted by atomic mass is 35.5. The molecule has 1 aliphatic heterocycles. The van der Waals surface area contributed by atoms with Crippen LogP contribution in [0.25, 0.3) is 0 Å². The van der Waals surface area contributed by atoms with E-state index in [1.54, 1.807) is 0 Å². The van der Waals surface area contributed by atoms with E-state index >= 15 is 0 Å². The minimum absolute atomic E-state index is 0.604. The van der Waals surface area contributed by atoms with Gasteiger partial charge in [-0.25, -0.2) is 0 Å². The molecule has 2 aromatic carbocycles. The third-order valence-electron chi connectivity index (χ3n) is 4.81. The zero-order chi connectivity index (χ0) is 18.5. The summed E-state index contributed by atoms with van der Waals surface area (Å²) in [5, 5.41) is 10.3. The molecule has 0 bridgehead atoms. The fourth-order valence-corrected chi connectivity index (χ4v) is 3.60. The Morgan fingerprint density at radius 1 is 1.08 bits per heavy atom. The van der Waals surface area contributed by atoms with E-state index < -0.39 is 0 Å². The van der Waals surface area contributed by atoms with Crippen LogP contribution in [-0.4, -0.2) is 51.2 Å². The van der Waals surface area contributed by atoms with Gasteiger partial charge in [-0.15, -0.1) is 0 Å². The first-order valence-electron chi connectivity index (χ1n) is 8.71. The summed E-state index contributed by atoms with van der Waals surface area (Å²) in [5.41, 5.74) is 2.79. The van der Waals surface area contributed by atoms with Gasteiger partial charge >= 0.3 is 0 Å². The van der Waals surface area contributed by atoms with Crippen molar-refractivity contribution >= 4 is 34.6 Å². The molecule has 0 radical (unpaired) electrons. The lowest BCUT2D eigenvalue weighted by Gasteiger charge is -2.37. The quantitative estimate of drug-likeness (QED) is 0.770. The number of halogens is 2. The first-order valence-corrected chi connectivity index (χ1v) is 9.46. The van der Waals surface area contributed by atoms with Crippen molar-refractivity contribution in [1.29, 1.82) is 5.26 Å². The SMILES string of the molecule is CN(CCN1CCN(c2cccc(Cl)c2Cl)CC1)c1cccc(C#N)c1. The molecule has 0 unspecified atom stereocenters. The molecule has 3 rings (SSSR count). The average molecular weight is 389 g/mol. The molecule has 0 aromatic heterocycles. The van der Waals surface area contributed by atoms with Gasteiger partial charge in [0.15, 0.2) is 0 Å². The number of anilines is 2. The van der Waals surface area contributed by atoms with Gasteiger partial charge in [0.1, 0.15) is 0 Å². The third kappa shape index (κ3) is 4.42. The standard InChI is InChI=1S/C20H22Cl2N4/c1-24(17-5-2-4-16(14-17)15-23)8-9-25-10-12-26(13-11-25)19-7-3-6-18(21)20(19)22/h2-7,14H,8-13H2,1H3. The van der Waals surface area contributed by atoms with Crippen molar-refractivity contribution in [2.75, 3.05) is 56.1 Å². The predicted molar refractivity (Wildman–Crippen MR) is 110 cm³/mol. The van der Waals surface area contributed by atoms with Gasteiger partial charge in [-0.2, -0.15) is 5.26 Å². The van der Waals surface area contributed by atoms with E-state index in [2.05, 4.69) is 27.8 Å². The molecule has 2 aromatic rings. The van der Waals surface area contributed by atoms with Gasteiger partial charge in [-0.05, 0) is 30.3 Å². The van der Waals surface area contributed by atoms with E-state index in [0.29, 0.717) is 15.6 Å². The van der Waals surface area contributed by atoms with E-state index in [0.717, 1.165) is 50.6 Å². The Kier molecular flexibility index (Phi) is 6.26. The van der Waals surface area contributed by atoms with E-state index in [9.17, 15) is 0 Å². The van der Waals surface area contributed by atoms with Crippen LogP contribution < -0.4 is 9.80 Å². The second-order valence-corrected chi connectivity index (χ2v) is 7.27. The lowest BCUT2D eigenvalue weighted by molar-refractivity contribution is 0.264. The summed E-state index contributed by atoms with van der Waals surface area (Å²) < 4.78 is 0. The molecule has 0 saturated carbocycles. The van der Waals surface area contributed by atoms with Gasteiger partial charge in [-0.3, -0.25) is 4.90 Å². The lowest BCUT2D eigenvalue weighted by atomic mass is 10.2. The zero-order valence-electron chi connectivity index (χ0n) is 14.8. The van der Waals surface area contributed by atoms with Crippen LogP contribution in [0.3, 0.4) is 0 Å². The number of nitrogens with zero attached hydrogens (tertiary/aromatic N) is 4. The Hall–Kier alpha value is -1.93. The molecular weight excluding hydrogens is 367 g/mol. The third-order valence-corrected chi connectivity index (χ3v) is 5.62. The largest absolute Gasteiger partial charge is 0.373 e. The summed E-state index contributed by atoms with van der Waals surface area (Å²) >= 11 is 12.5. The normalized spacial score (nSPS) is 14.9. The molecule has 0 atom stereocenters. The highest BCUT2D eigenvalue weighted by Crippen LogP contribution is 2.32. The maximum atomic E-state index is 9.03. The van der Waals surface area contributed by atoms with Crippen molar-refractivity contribution in [2.24, 2.45) is 0 Å². The number of rotatable bonds is 5. The fraction of sp³-hybridized carbons (Fsp3) is 0.350. The summed E-state index contributed by atoms with van der Waals surface area (Å²) in [6.45, 7) is 5.78. The topological polar surface area (TPSA) is 33.5 Å². The van der Waals surface area contributed by atoms with Crippen molar-refractivity contribution < 1.29 is 0 Å². The molecule has 0 amide bonds. The Labute approximate surface area is 165 Å². The molecule has 1 aliphatic rings. The Morgan fingerprint density at radius 2 is 1.81 bits per heavy atom. The van der Waals surface area contributed by atoms with Crippen LogP contribution in [0, 0.1) is 11.3 Å². The predicted octanol–water partition coefficient (Wildman–Crippen LogP) is 4.12. The van der Waals surface area contributed by atoms with Gasteiger partial charge in [0, 0.05) is 52.0 Å². The lowest BCUT2D eigenvalue weighted by Crippen LogP contribution is -2.48.